The molecule has 2 heterocycles. The van der Waals surface area contributed by atoms with E-state index in [9.17, 15) is 4.79 Å². The van der Waals surface area contributed by atoms with Gasteiger partial charge in [-0.05, 0) is 43.7 Å². The van der Waals surface area contributed by atoms with Gasteiger partial charge >= 0.3 is 0 Å². The molecular formula is C20H20ClN5OS. The molecule has 0 bridgehead atoms. The summed E-state index contributed by atoms with van der Waals surface area (Å²) in [6.45, 7) is 8.05. The number of anilines is 1. The van der Waals surface area contributed by atoms with Crippen molar-refractivity contribution in [3.63, 3.8) is 0 Å². The molecule has 0 aliphatic heterocycles. The molecule has 0 saturated heterocycles. The molecule has 0 aliphatic carbocycles. The fourth-order valence-electron chi connectivity index (χ4n) is 2.57. The summed E-state index contributed by atoms with van der Waals surface area (Å²) in [5, 5.41) is 12.4. The highest BCUT2D eigenvalue weighted by atomic mass is 35.5. The summed E-state index contributed by atoms with van der Waals surface area (Å²) in [5.41, 5.74) is 2.45. The van der Waals surface area contributed by atoms with Gasteiger partial charge in [0.1, 0.15) is 0 Å². The second-order valence-corrected chi connectivity index (χ2v) is 7.82. The summed E-state index contributed by atoms with van der Waals surface area (Å²) in [4.78, 5) is 16.7. The zero-order chi connectivity index (χ0) is 20.1. The van der Waals surface area contributed by atoms with Crippen LogP contribution in [0.5, 0.6) is 0 Å². The summed E-state index contributed by atoms with van der Waals surface area (Å²) >= 11 is 7.48. The number of nitrogens with zero attached hydrogens (tertiary/aromatic N) is 4. The zero-order valence-electron chi connectivity index (χ0n) is 15.6. The number of pyridine rings is 1. The minimum Gasteiger partial charge on any atom is -0.325 e. The molecule has 3 aromatic rings. The van der Waals surface area contributed by atoms with Crippen LogP contribution in [0.25, 0.3) is 11.4 Å². The zero-order valence-corrected chi connectivity index (χ0v) is 17.2. The highest BCUT2D eigenvalue weighted by molar-refractivity contribution is 8.00. The first-order valence-electron chi connectivity index (χ1n) is 8.68. The van der Waals surface area contributed by atoms with Crippen LogP contribution in [0, 0.1) is 6.92 Å². The lowest BCUT2D eigenvalue weighted by Gasteiger charge is -2.14. The lowest BCUT2D eigenvalue weighted by Crippen LogP contribution is -2.23. The van der Waals surface area contributed by atoms with Crippen molar-refractivity contribution < 1.29 is 4.79 Å². The average Bonchev–Trinajstić information content (AvgIpc) is 3.08. The van der Waals surface area contributed by atoms with Crippen molar-refractivity contribution in [2.45, 2.75) is 30.8 Å². The normalized spacial score (nSPS) is 11.8. The first-order valence-corrected chi connectivity index (χ1v) is 9.94. The number of carbonyl (C=O) groups is 1. The Morgan fingerprint density at radius 3 is 2.79 bits per heavy atom. The number of halogens is 1. The lowest BCUT2D eigenvalue weighted by atomic mass is 10.2. The molecule has 0 spiro atoms. The maximum atomic E-state index is 12.7. The number of aromatic nitrogens is 4. The molecule has 3 rings (SSSR count). The Bertz CT molecular complexity index is 990. The van der Waals surface area contributed by atoms with Gasteiger partial charge in [0.05, 0.1) is 5.25 Å². The topological polar surface area (TPSA) is 72.7 Å². The smallest absolute Gasteiger partial charge is 0.237 e. The van der Waals surface area contributed by atoms with E-state index in [1.54, 1.807) is 24.5 Å². The molecule has 1 N–H and O–H groups in total. The first kappa shape index (κ1) is 20.1. The van der Waals surface area contributed by atoms with Crippen molar-refractivity contribution >= 4 is 35.0 Å². The van der Waals surface area contributed by atoms with Gasteiger partial charge in [0.15, 0.2) is 11.0 Å². The third-order valence-corrected chi connectivity index (χ3v) is 5.63. The predicted molar refractivity (Wildman–Crippen MR) is 114 cm³/mol. The molecule has 28 heavy (non-hydrogen) atoms. The number of rotatable bonds is 7. The van der Waals surface area contributed by atoms with Gasteiger partial charge in [-0.25, -0.2) is 0 Å². The molecule has 0 fully saturated rings. The largest absolute Gasteiger partial charge is 0.325 e. The summed E-state index contributed by atoms with van der Waals surface area (Å²) in [5.74, 6) is 0.581. The summed E-state index contributed by atoms with van der Waals surface area (Å²) in [6, 6.07) is 9.18. The van der Waals surface area contributed by atoms with E-state index in [-0.39, 0.29) is 11.2 Å². The molecule has 8 heteroatoms. The molecule has 0 radical (unpaired) electrons. The summed E-state index contributed by atoms with van der Waals surface area (Å²) in [7, 11) is 0. The van der Waals surface area contributed by atoms with Gasteiger partial charge in [0.2, 0.25) is 5.91 Å². The third-order valence-electron chi connectivity index (χ3n) is 4.14. The van der Waals surface area contributed by atoms with E-state index < -0.39 is 0 Å². The van der Waals surface area contributed by atoms with E-state index in [2.05, 4.69) is 27.1 Å². The van der Waals surface area contributed by atoms with Crippen LogP contribution in [0.4, 0.5) is 5.69 Å². The standard InChI is InChI=1S/C20H20ClN5OS/c1-4-12-26-18(15-8-10-22-11-9-15)24-25-20(26)28-14(3)19(27)23-17-7-5-6-16(21)13(17)2/h4-11,14H,1,12H2,2-3H3,(H,23,27)/t14-/m1/s1. The van der Waals surface area contributed by atoms with Crippen molar-refractivity contribution in [3.8, 4) is 11.4 Å². The second-order valence-electron chi connectivity index (χ2n) is 6.10. The molecule has 144 valence electrons. The molecule has 6 nitrogen and oxygen atoms in total. The number of nitrogens with one attached hydrogen (secondary N) is 1. The second kappa shape index (κ2) is 9.03. The quantitative estimate of drug-likeness (QED) is 0.452. The van der Waals surface area contributed by atoms with Crippen molar-refractivity contribution in [3.05, 3.63) is 66.0 Å². The molecule has 1 aromatic carbocycles. The van der Waals surface area contributed by atoms with E-state index in [0.29, 0.717) is 28.2 Å². The highest BCUT2D eigenvalue weighted by Gasteiger charge is 2.21. The van der Waals surface area contributed by atoms with E-state index in [1.807, 2.05) is 42.7 Å². The van der Waals surface area contributed by atoms with Crippen LogP contribution in [0.2, 0.25) is 5.02 Å². The van der Waals surface area contributed by atoms with Crippen LogP contribution < -0.4 is 5.32 Å². The van der Waals surface area contributed by atoms with Crippen LogP contribution in [0.15, 0.2) is 60.5 Å². The van der Waals surface area contributed by atoms with Crippen LogP contribution in [0.1, 0.15) is 12.5 Å². The maximum absolute atomic E-state index is 12.7. The Hall–Kier alpha value is -2.64. The Labute approximate surface area is 173 Å². The van der Waals surface area contributed by atoms with Crippen molar-refractivity contribution in [1.29, 1.82) is 0 Å². The predicted octanol–water partition coefficient (Wildman–Crippen LogP) is 4.61. The van der Waals surface area contributed by atoms with E-state index >= 15 is 0 Å². The first-order chi connectivity index (χ1) is 13.5. The average molecular weight is 414 g/mol. The number of allylic oxidation sites excluding steroid dienone is 1. The SMILES string of the molecule is C=CCn1c(S[C@H](C)C(=O)Nc2cccc(Cl)c2C)nnc1-c1ccncc1. The Morgan fingerprint density at radius 1 is 1.32 bits per heavy atom. The van der Waals surface area contributed by atoms with Gasteiger partial charge in [-0.15, -0.1) is 16.8 Å². The molecule has 2 aromatic heterocycles. The van der Waals surface area contributed by atoms with E-state index in [0.717, 1.165) is 11.1 Å². The Morgan fingerprint density at radius 2 is 2.07 bits per heavy atom. The van der Waals surface area contributed by atoms with Crippen molar-refractivity contribution in [2.75, 3.05) is 5.32 Å². The fraction of sp³-hybridized carbons (Fsp3) is 0.200. The Balaban J connectivity index is 1.79. The van der Waals surface area contributed by atoms with Crippen LogP contribution >= 0.6 is 23.4 Å². The van der Waals surface area contributed by atoms with Crippen LogP contribution in [0.3, 0.4) is 0 Å². The van der Waals surface area contributed by atoms with Crippen molar-refractivity contribution in [1.82, 2.24) is 19.7 Å². The molecular weight excluding hydrogens is 394 g/mol. The highest BCUT2D eigenvalue weighted by Crippen LogP contribution is 2.28. The van der Waals surface area contributed by atoms with E-state index in [1.165, 1.54) is 11.8 Å². The van der Waals surface area contributed by atoms with E-state index in [4.69, 9.17) is 11.6 Å². The van der Waals surface area contributed by atoms with Crippen molar-refractivity contribution in [2.24, 2.45) is 0 Å². The summed E-state index contributed by atoms with van der Waals surface area (Å²) < 4.78 is 1.93. The Kier molecular flexibility index (Phi) is 6.49. The summed E-state index contributed by atoms with van der Waals surface area (Å²) in [6.07, 6.45) is 5.19. The van der Waals surface area contributed by atoms with Gasteiger partial charge in [0, 0.05) is 35.2 Å². The monoisotopic (exact) mass is 413 g/mol. The van der Waals surface area contributed by atoms with Gasteiger partial charge in [-0.3, -0.25) is 14.3 Å². The lowest BCUT2D eigenvalue weighted by molar-refractivity contribution is -0.115. The van der Waals surface area contributed by atoms with Crippen LogP contribution in [-0.4, -0.2) is 30.9 Å². The number of amides is 1. The minimum atomic E-state index is -0.378. The minimum absolute atomic E-state index is 0.131. The number of carbonyl (C=O) groups excluding carboxylic acids is 1. The van der Waals surface area contributed by atoms with Gasteiger partial charge < -0.3 is 5.32 Å². The third kappa shape index (κ3) is 4.43. The van der Waals surface area contributed by atoms with Gasteiger partial charge in [0.25, 0.3) is 0 Å². The number of hydrogen-bond acceptors (Lipinski definition) is 5. The number of hydrogen-bond donors (Lipinski definition) is 1. The molecule has 1 amide bonds. The molecule has 1 atom stereocenters. The number of thioether (sulfide) groups is 1. The van der Waals surface area contributed by atoms with Crippen LogP contribution in [-0.2, 0) is 11.3 Å². The molecule has 0 unspecified atom stereocenters. The molecule has 0 saturated carbocycles. The fourth-order valence-corrected chi connectivity index (χ4v) is 3.61. The molecule has 0 aliphatic rings. The van der Waals surface area contributed by atoms with Gasteiger partial charge in [-0.2, -0.15) is 0 Å². The number of benzene rings is 1. The maximum Gasteiger partial charge on any atom is 0.237 e. The van der Waals surface area contributed by atoms with Gasteiger partial charge in [-0.1, -0.05) is 35.5 Å².